The number of thiazole rings is 1. The summed E-state index contributed by atoms with van der Waals surface area (Å²) in [5.74, 6) is 0.812. The zero-order valence-electron chi connectivity index (χ0n) is 13.6. The summed E-state index contributed by atoms with van der Waals surface area (Å²) in [5.41, 5.74) is 0. The summed E-state index contributed by atoms with van der Waals surface area (Å²) in [4.78, 5) is 17.4. The van der Waals surface area contributed by atoms with Crippen LogP contribution in [0.5, 0.6) is 0 Å². The Bertz CT molecular complexity index is 575. The van der Waals surface area contributed by atoms with Gasteiger partial charge in [-0.1, -0.05) is 26.7 Å². The van der Waals surface area contributed by atoms with Crippen LogP contribution >= 0.6 is 11.3 Å². The lowest BCUT2D eigenvalue weighted by atomic mass is 10.0. The minimum Gasteiger partial charge on any atom is -0.353 e. The Kier molecular flexibility index (Phi) is 6.19. The van der Waals surface area contributed by atoms with Gasteiger partial charge in [0.15, 0.2) is 5.13 Å². The number of hydrogen-bond acceptors (Lipinski definition) is 3. The molecular formula is C17H25N3OS. The molecule has 0 aliphatic heterocycles. The highest BCUT2D eigenvalue weighted by Gasteiger charge is 2.11. The molecule has 120 valence electrons. The second-order valence-electron chi connectivity index (χ2n) is 6.17. The van der Waals surface area contributed by atoms with Crippen LogP contribution in [0.2, 0.25) is 0 Å². The largest absolute Gasteiger partial charge is 0.353 e. The van der Waals surface area contributed by atoms with Crippen molar-refractivity contribution >= 4 is 17.2 Å². The molecule has 2 aromatic heterocycles. The fourth-order valence-electron chi connectivity index (χ4n) is 2.35. The number of carbonyl (C=O) groups excluding carboxylic acids is 1. The number of nitrogens with one attached hydrogen (secondary N) is 1. The summed E-state index contributed by atoms with van der Waals surface area (Å²) in [6, 6.07) is 4.17. The highest BCUT2D eigenvalue weighted by Crippen LogP contribution is 2.18. The standard InChI is InChI=1S/C17H25N3OS/c1-13(2)7-6-8-14(3)19-16(21)11-15-12-18-17(22-15)20-9-4-5-10-20/h4-5,9-10,12-14H,6-8,11H2,1-3H3,(H,19,21). The third-order valence-electron chi connectivity index (χ3n) is 3.53. The predicted octanol–water partition coefficient (Wildman–Crippen LogP) is 3.81. The molecule has 2 rings (SSSR count). The van der Waals surface area contributed by atoms with Crippen molar-refractivity contribution in [3.8, 4) is 5.13 Å². The zero-order chi connectivity index (χ0) is 15.9. The molecule has 1 atom stereocenters. The molecule has 5 heteroatoms. The smallest absolute Gasteiger partial charge is 0.225 e. The lowest BCUT2D eigenvalue weighted by Gasteiger charge is -2.14. The first-order valence-corrected chi connectivity index (χ1v) is 8.73. The Morgan fingerprint density at radius 3 is 2.68 bits per heavy atom. The summed E-state index contributed by atoms with van der Waals surface area (Å²) < 4.78 is 1.96. The molecule has 0 bridgehead atoms. The topological polar surface area (TPSA) is 46.9 Å². The summed E-state index contributed by atoms with van der Waals surface area (Å²) >= 11 is 1.56. The quantitative estimate of drug-likeness (QED) is 0.804. The fourth-order valence-corrected chi connectivity index (χ4v) is 3.22. The zero-order valence-corrected chi connectivity index (χ0v) is 14.4. The van der Waals surface area contributed by atoms with E-state index in [0.29, 0.717) is 6.42 Å². The summed E-state index contributed by atoms with van der Waals surface area (Å²) in [6.45, 7) is 6.54. The van der Waals surface area contributed by atoms with Gasteiger partial charge in [0.2, 0.25) is 5.91 Å². The molecule has 0 aliphatic carbocycles. The molecular weight excluding hydrogens is 294 g/mol. The van der Waals surface area contributed by atoms with Crippen LogP contribution in [-0.4, -0.2) is 21.5 Å². The van der Waals surface area contributed by atoms with Gasteiger partial charge in [-0.15, -0.1) is 11.3 Å². The Balaban J connectivity index is 1.77. The van der Waals surface area contributed by atoms with E-state index in [1.165, 1.54) is 6.42 Å². The molecule has 22 heavy (non-hydrogen) atoms. The highest BCUT2D eigenvalue weighted by molar-refractivity contribution is 7.14. The first-order chi connectivity index (χ1) is 10.5. The van der Waals surface area contributed by atoms with Crippen molar-refractivity contribution in [2.24, 2.45) is 5.92 Å². The molecule has 0 radical (unpaired) electrons. The average Bonchev–Trinajstić information content (AvgIpc) is 3.07. The average molecular weight is 319 g/mol. The molecule has 0 fully saturated rings. The van der Waals surface area contributed by atoms with Crippen molar-refractivity contribution in [1.29, 1.82) is 0 Å². The van der Waals surface area contributed by atoms with Crippen molar-refractivity contribution in [3.63, 3.8) is 0 Å². The molecule has 0 saturated heterocycles. The summed E-state index contributed by atoms with van der Waals surface area (Å²) in [7, 11) is 0. The van der Waals surface area contributed by atoms with E-state index in [2.05, 4.69) is 31.1 Å². The van der Waals surface area contributed by atoms with Gasteiger partial charge in [0.25, 0.3) is 0 Å². The normalized spacial score (nSPS) is 12.5. The van der Waals surface area contributed by atoms with E-state index in [1.54, 1.807) is 17.5 Å². The van der Waals surface area contributed by atoms with Crippen LogP contribution in [0.3, 0.4) is 0 Å². The van der Waals surface area contributed by atoms with Gasteiger partial charge >= 0.3 is 0 Å². The van der Waals surface area contributed by atoms with Crippen LogP contribution in [0.15, 0.2) is 30.7 Å². The SMILES string of the molecule is CC(C)CCCC(C)NC(=O)Cc1cnc(-n2cccc2)s1. The van der Waals surface area contributed by atoms with E-state index in [-0.39, 0.29) is 11.9 Å². The van der Waals surface area contributed by atoms with E-state index >= 15 is 0 Å². The van der Waals surface area contributed by atoms with Crippen LogP contribution < -0.4 is 5.32 Å². The predicted molar refractivity (Wildman–Crippen MR) is 91.4 cm³/mol. The number of hydrogen-bond donors (Lipinski definition) is 1. The van der Waals surface area contributed by atoms with Crippen LogP contribution in [-0.2, 0) is 11.2 Å². The molecule has 0 saturated carbocycles. The van der Waals surface area contributed by atoms with Gasteiger partial charge in [-0.05, 0) is 31.4 Å². The van der Waals surface area contributed by atoms with Gasteiger partial charge in [-0.2, -0.15) is 0 Å². The van der Waals surface area contributed by atoms with Crippen molar-refractivity contribution in [2.75, 3.05) is 0 Å². The number of amides is 1. The maximum Gasteiger partial charge on any atom is 0.225 e. The summed E-state index contributed by atoms with van der Waals surface area (Å²) in [6.07, 6.45) is 9.55. The maximum atomic E-state index is 12.1. The first-order valence-electron chi connectivity index (χ1n) is 7.92. The van der Waals surface area contributed by atoms with Gasteiger partial charge in [0.1, 0.15) is 0 Å². The minimum absolute atomic E-state index is 0.0831. The van der Waals surface area contributed by atoms with Crippen LogP contribution in [0, 0.1) is 5.92 Å². The molecule has 2 aromatic rings. The van der Waals surface area contributed by atoms with Crippen LogP contribution in [0.4, 0.5) is 0 Å². The maximum absolute atomic E-state index is 12.1. The molecule has 2 heterocycles. The molecule has 0 aliphatic rings. The van der Waals surface area contributed by atoms with Gasteiger partial charge in [0, 0.05) is 29.5 Å². The Morgan fingerprint density at radius 2 is 2.00 bits per heavy atom. The van der Waals surface area contributed by atoms with Gasteiger partial charge in [-0.25, -0.2) is 4.98 Å². The van der Waals surface area contributed by atoms with Crippen molar-refractivity contribution in [3.05, 3.63) is 35.6 Å². The lowest BCUT2D eigenvalue weighted by Crippen LogP contribution is -2.33. The van der Waals surface area contributed by atoms with Crippen molar-refractivity contribution in [1.82, 2.24) is 14.9 Å². The van der Waals surface area contributed by atoms with E-state index in [0.717, 1.165) is 28.8 Å². The third-order valence-corrected chi connectivity index (χ3v) is 4.54. The molecule has 1 unspecified atom stereocenters. The molecule has 1 amide bonds. The monoisotopic (exact) mass is 319 g/mol. The van der Waals surface area contributed by atoms with Crippen LogP contribution in [0.25, 0.3) is 5.13 Å². The summed E-state index contributed by atoms with van der Waals surface area (Å²) in [5, 5.41) is 3.98. The molecule has 0 aromatic carbocycles. The van der Waals surface area contributed by atoms with E-state index in [1.807, 2.05) is 29.1 Å². The number of nitrogens with zero attached hydrogens (tertiary/aromatic N) is 2. The Labute approximate surface area is 136 Å². The Hall–Kier alpha value is -1.62. The van der Waals surface area contributed by atoms with E-state index in [9.17, 15) is 4.79 Å². The second kappa shape index (κ2) is 8.13. The first kappa shape index (κ1) is 16.7. The Morgan fingerprint density at radius 1 is 1.27 bits per heavy atom. The van der Waals surface area contributed by atoms with Crippen LogP contribution in [0.1, 0.15) is 44.9 Å². The van der Waals surface area contributed by atoms with Gasteiger partial charge < -0.3 is 9.88 Å². The van der Waals surface area contributed by atoms with Gasteiger partial charge in [0.05, 0.1) is 6.42 Å². The lowest BCUT2D eigenvalue weighted by molar-refractivity contribution is -0.121. The van der Waals surface area contributed by atoms with Crippen molar-refractivity contribution < 1.29 is 4.79 Å². The third kappa shape index (κ3) is 5.30. The molecule has 4 nitrogen and oxygen atoms in total. The molecule has 1 N–H and O–H groups in total. The van der Waals surface area contributed by atoms with E-state index in [4.69, 9.17) is 0 Å². The van der Waals surface area contributed by atoms with E-state index < -0.39 is 0 Å². The number of aromatic nitrogens is 2. The second-order valence-corrected chi connectivity index (χ2v) is 7.26. The van der Waals surface area contributed by atoms with Crippen molar-refractivity contribution in [2.45, 2.75) is 52.5 Å². The highest BCUT2D eigenvalue weighted by atomic mass is 32.1. The minimum atomic E-state index is 0.0831. The number of rotatable bonds is 8. The fraction of sp³-hybridized carbons (Fsp3) is 0.529. The number of carbonyl (C=O) groups is 1. The molecule has 0 spiro atoms. The van der Waals surface area contributed by atoms with Gasteiger partial charge in [-0.3, -0.25) is 4.79 Å².